The van der Waals surface area contributed by atoms with Crippen LogP contribution in [-0.2, 0) is 25.4 Å². The van der Waals surface area contributed by atoms with Crippen molar-refractivity contribution in [3.8, 4) is 0 Å². The Morgan fingerprint density at radius 1 is 1.42 bits per heavy atom. The molecule has 1 atom stereocenters. The molecule has 7 nitrogen and oxygen atoms in total. The average Bonchev–Trinajstić information content (AvgIpc) is 3.01. The maximum absolute atomic E-state index is 12.4. The van der Waals surface area contributed by atoms with Crippen LogP contribution >= 0.6 is 0 Å². The van der Waals surface area contributed by atoms with Crippen molar-refractivity contribution in [3.63, 3.8) is 0 Å². The second kappa shape index (κ2) is 4.34. The first-order valence-corrected chi connectivity index (χ1v) is 6.28. The number of aryl methyl sites for hydroxylation is 2. The Bertz CT molecular complexity index is 734. The van der Waals surface area contributed by atoms with Crippen LogP contribution in [0.5, 0.6) is 0 Å². The second-order valence-corrected chi connectivity index (χ2v) is 5.01. The van der Waals surface area contributed by atoms with E-state index < -0.39 is 0 Å². The molecule has 1 aliphatic heterocycles. The van der Waals surface area contributed by atoms with E-state index in [1.54, 1.807) is 25.0 Å². The molecule has 0 bridgehead atoms. The lowest BCUT2D eigenvalue weighted by molar-refractivity contribution is 0.182. The summed E-state index contributed by atoms with van der Waals surface area (Å²) in [5, 5.41) is 0. The monoisotopic (exact) mass is 264 g/mol. The minimum Gasteiger partial charge on any atom is -0.381 e. The summed E-state index contributed by atoms with van der Waals surface area (Å²) in [6, 6.07) is 0. The Morgan fingerprint density at radius 2 is 2.21 bits per heavy atom. The van der Waals surface area contributed by atoms with E-state index in [-0.39, 0.29) is 17.2 Å². The van der Waals surface area contributed by atoms with Crippen molar-refractivity contribution in [1.29, 1.82) is 0 Å². The topological polar surface area (TPSA) is 71.1 Å². The lowest BCUT2D eigenvalue weighted by Gasteiger charge is -2.11. The average molecular weight is 264 g/mol. The fraction of sp³-hybridized carbons (Fsp3) is 0.583. The van der Waals surface area contributed by atoms with Crippen LogP contribution in [0.1, 0.15) is 6.42 Å². The van der Waals surface area contributed by atoms with Crippen molar-refractivity contribution >= 4 is 11.2 Å². The molecule has 0 aliphatic carbocycles. The van der Waals surface area contributed by atoms with Crippen molar-refractivity contribution in [1.82, 2.24) is 18.7 Å². The van der Waals surface area contributed by atoms with Gasteiger partial charge in [0.25, 0.3) is 5.56 Å². The van der Waals surface area contributed by atoms with Gasteiger partial charge in [0.1, 0.15) is 0 Å². The molecule has 0 amide bonds. The summed E-state index contributed by atoms with van der Waals surface area (Å²) in [4.78, 5) is 28.8. The van der Waals surface area contributed by atoms with Gasteiger partial charge in [0.2, 0.25) is 0 Å². The van der Waals surface area contributed by atoms with Crippen molar-refractivity contribution in [2.75, 3.05) is 13.2 Å². The largest absolute Gasteiger partial charge is 0.381 e. The van der Waals surface area contributed by atoms with Gasteiger partial charge in [-0.3, -0.25) is 13.9 Å². The Morgan fingerprint density at radius 3 is 2.89 bits per heavy atom. The number of ether oxygens (including phenoxy) is 1. The minimum absolute atomic E-state index is 0.232. The maximum Gasteiger partial charge on any atom is 0.332 e. The number of rotatable bonds is 2. The normalized spacial score (nSPS) is 19.4. The number of fused-ring (bicyclic) bond motifs is 1. The fourth-order valence-electron chi connectivity index (χ4n) is 2.54. The van der Waals surface area contributed by atoms with Crippen LogP contribution in [0.4, 0.5) is 0 Å². The van der Waals surface area contributed by atoms with Crippen molar-refractivity contribution in [2.24, 2.45) is 20.0 Å². The molecule has 2 aromatic rings. The summed E-state index contributed by atoms with van der Waals surface area (Å²) in [5.41, 5.74) is 0.297. The van der Waals surface area contributed by atoms with Crippen LogP contribution in [0, 0.1) is 5.92 Å². The van der Waals surface area contributed by atoms with E-state index in [1.165, 1.54) is 9.13 Å². The van der Waals surface area contributed by atoms with Gasteiger partial charge in [-0.2, -0.15) is 0 Å². The molecule has 1 fully saturated rings. The van der Waals surface area contributed by atoms with Crippen LogP contribution in [0.3, 0.4) is 0 Å². The molecule has 0 spiro atoms. The molecule has 102 valence electrons. The number of hydrogen-bond acceptors (Lipinski definition) is 4. The van der Waals surface area contributed by atoms with Gasteiger partial charge in [-0.1, -0.05) is 0 Å². The van der Waals surface area contributed by atoms with Crippen LogP contribution in [0.15, 0.2) is 15.9 Å². The van der Waals surface area contributed by atoms with Gasteiger partial charge in [0.05, 0.1) is 12.9 Å². The molecule has 1 unspecified atom stereocenters. The van der Waals surface area contributed by atoms with E-state index in [0.29, 0.717) is 30.9 Å². The molecule has 0 saturated carbocycles. The van der Waals surface area contributed by atoms with Gasteiger partial charge >= 0.3 is 5.69 Å². The van der Waals surface area contributed by atoms with E-state index in [0.717, 1.165) is 6.42 Å². The van der Waals surface area contributed by atoms with Gasteiger partial charge in [-0.25, -0.2) is 9.78 Å². The Hall–Kier alpha value is -1.89. The molecule has 19 heavy (non-hydrogen) atoms. The van der Waals surface area contributed by atoms with Crippen LogP contribution in [0.2, 0.25) is 0 Å². The highest BCUT2D eigenvalue weighted by Gasteiger charge is 2.21. The third kappa shape index (κ3) is 1.81. The summed E-state index contributed by atoms with van der Waals surface area (Å²) in [5.74, 6) is 0.232. The van der Waals surface area contributed by atoms with Crippen LogP contribution in [0.25, 0.3) is 11.2 Å². The lowest BCUT2D eigenvalue weighted by Crippen LogP contribution is -2.41. The molecular weight excluding hydrogens is 248 g/mol. The molecule has 2 aromatic heterocycles. The third-order valence-electron chi connectivity index (χ3n) is 3.67. The predicted molar refractivity (Wildman–Crippen MR) is 69.1 cm³/mol. The predicted octanol–water partition coefficient (Wildman–Crippen LogP) is -0.530. The van der Waals surface area contributed by atoms with E-state index in [9.17, 15) is 9.59 Å². The summed E-state index contributed by atoms with van der Waals surface area (Å²) >= 11 is 0. The zero-order valence-electron chi connectivity index (χ0n) is 11.0. The highest BCUT2D eigenvalue weighted by atomic mass is 16.5. The molecule has 0 N–H and O–H groups in total. The summed E-state index contributed by atoms with van der Waals surface area (Å²) in [6.45, 7) is 1.72. The van der Waals surface area contributed by atoms with Crippen LogP contribution < -0.4 is 11.2 Å². The third-order valence-corrected chi connectivity index (χ3v) is 3.67. The highest BCUT2D eigenvalue weighted by Crippen LogP contribution is 2.13. The zero-order valence-corrected chi connectivity index (χ0v) is 11.0. The van der Waals surface area contributed by atoms with Gasteiger partial charge < -0.3 is 9.30 Å². The SMILES string of the molecule is Cn1cnc2c1c(=O)n(CC1CCOC1)c(=O)n2C. The van der Waals surface area contributed by atoms with E-state index >= 15 is 0 Å². The smallest absolute Gasteiger partial charge is 0.332 e. The van der Waals surface area contributed by atoms with Gasteiger partial charge in [-0.15, -0.1) is 0 Å². The molecule has 0 radical (unpaired) electrons. The Kier molecular flexibility index (Phi) is 2.78. The molecule has 1 aliphatic rings. The van der Waals surface area contributed by atoms with E-state index in [1.807, 2.05) is 0 Å². The summed E-state index contributed by atoms with van der Waals surface area (Å²) in [6.07, 6.45) is 2.44. The van der Waals surface area contributed by atoms with Gasteiger partial charge in [0.15, 0.2) is 11.2 Å². The van der Waals surface area contributed by atoms with Crippen molar-refractivity contribution in [3.05, 3.63) is 27.2 Å². The number of nitrogens with zero attached hydrogens (tertiary/aromatic N) is 4. The first kappa shape index (κ1) is 12.2. The Balaban J connectivity index is 2.20. The molecule has 0 aromatic carbocycles. The van der Waals surface area contributed by atoms with Gasteiger partial charge in [-0.05, 0) is 6.42 Å². The minimum atomic E-state index is -0.317. The first-order valence-electron chi connectivity index (χ1n) is 6.28. The quantitative estimate of drug-likeness (QED) is 0.731. The molecule has 1 saturated heterocycles. The van der Waals surface area contributed by atoms with E-state index in [4.69, 9.17) is 4.74 Å². The van der Waals surface area contributed by atoms with Gasteiger partial charge in [0, 0.05) is 33.2 Å². The van der Waals surface area contributed by atoms with Crippen molar-refractivity contribution in [2.45, 2.75) is 13.0 Å². The number of hydrogen-bond donors (Lipinski definition) is 0. The number of imidazole rings is 1. The first-order chi connectivity index (χ1) is 9.09. The Labute approximate surface area is 109 Å². The molecule has 7 heteroatoms. The molecule has 3 rings (SSSR count). The van der Waals surface area contributed by atoms with E-state index in [2.05, 4.69) is 4.98 Å². The lowest BCUT2D eigenvalue weighted by atomic mass is 10.1. The maximum atomic E-state index is 12.4. The van der Waals surface area contributed by atoms with Crippen LogP contribution in [-0.4, -0.2) is 31.9 Å². The zero-order chi connectivity index (χ0) is 13.6. The molecule has 3 heterocycles. The number of aromatic nitrogens is 4. The summed E-state index contributed by atoms with van der Waals surface area (Å²) in [7, 11) is 3.39. The van der Waals surface area contributed by atoms with Crippen molar-refractivity contribution < 1.29 is 4.74 Å². The second-order valence-electron chi connectivity index (χ2n) is 5.01. The molecular formula is C12H16N4O3. The highest BCUT2D eigenvalue weighted by molar-refractivity contribution is 5.69. The summed E-state index contributed by atoms with van der Waals surface area (Å²) < 4.78 is 9.66. The fourth-order valence-corrected chi connectivity index (χ4v) is 2.54. The standard InChI is InChI=1S/C12H16N4O3/c1-14-7-13-10-9(14)11(17)16(12(18)15(10)2)5-8-3-4-19-6-8/h7-8H,3-6H2,1-2H3.